The number of nitrogens with zero attached hydrogens (tertiary/aromatic N) is 4. The number of rotatable bonds is 2. The molecule has 154 valence electrons. The van der Waals surface area contributed by atoms with Gasteiger partial charge >= 0.3 is 6.09 Å². The molecule has 1 unspecified atom stereocenters. The third kappa shape index (κ3) is 3.20. The first-order chi connectivity index (χ1) is 13.9. The first kappa shape index (κ1) is 19.2. The van der Waals surface area contributed by atoms with E-state index in [9.17, 15) is 19.2 Å². The van der Waals surface area contributed by atoms with Crippen molar-refractivity contribution in [3.05, 3.63) is 29.3 Å². The number of fused-ring (bicyclic) bond motifs is 1. The van der Waals surface area contributed by atoms with Crippen LogP contribution in [0.4, 0.5) is 10.5 Å². The number of piperazine rings is 1. The van der Waals surface area contributed by atoms with Crippen LogP contribution in [-0.2, 0) is 20.9 Å². The van der Waals surface area contributed by atoms with Crippen LogP contribution in [0.15, 0.2) is 18.2 Å². The molecule has 1 aromatic rings. The van der Waals surface area contributed by atoms with Crippen molar-refractivity contribution in [1.29, 1.82) is 0 Å². The SMILES string of the molecule is COC(=O)N1CCN(c2cccc3c2CN(C2CCC(=O)N(C)C2=O)C3=O)CC1. The van der Waals surface area contributed by atoms with E-state index in [4.69, 9.17) is 4.74 Å². The van der Waals surface area contributed by atoms with Crippen molar-refractivity contribution >= 4 is 29.5 Å². The third-order valence-electron chi connectivity index (χ3n) is 6.02. The van der Waals surface area contributed by atoms with Gasteiger partial charge in [0, 0.05) is 63.0 Å². The van der Waals surface area contributed by atoms with Crippen LogP contribution in [0, 0.1) is 0 Å². The van der Waals surface area contributed by atoms with Crippen LogP contribution in [0.25, 0.3) is 0 Å². The molecule has 0 bridgehead atoms. The minimum Gasteiger partial charge on any atom is -0.453 e. The lowest BCUT2D eigenvalue weighted by Crippen LogP contribution is -2.53. The predicted octanol–water partition coefficient (Wildman–Crippen LogP) is 0.678. The number of imide groups is 1. The number of likely N-dealkylation sites (tertiary alicyclic amines) is 1. The largest absolute Gasteiger partial charge is 0.453 e. The monoisotopic (exact) mass is 400 g/mol. The normalized spacial score (nSPS) is 22.3. The summed E-state index contributed by atoms with van der Waals surface area (Å²) in [5.41, 5.74) is 2.46. The fraction of sp³-hybridized carbons (Fsp3) is 0.500. The van der Waals surface area contributed by atoms with Crippen molar-refractivity contribution < 1.29 is 23.9 Å². The standard InChI is InChI=1S/C20H24N4O5/c1-21-17(25)7-6-16(19(21)27)24-12-14-13(18(24)26)4-3-5-15(14)22-8-10-23(11-9-22)20(28)29-2/h3-5,16H,6-12H2,1-2H3. The molecule has 0 radical (unpaired) electrons. The number of hydrogen-bond donors (Lipinski definition) is 0. The van der Waals surface area contributed by atoms with E-state index in [1.165, 1.54) is 14.2 Å². The summed E-state index contributed by atoms with van der Waals surface area (Å²) in [5.74, 6) is -0.702. The first-order valence-electron chi connectivity index (χ1n) is 9.73. The van der Waals surface area contributed by atoms with Gasteiger partial charge in [0.05, 0.1) is 7.11 Å². The number of piperidine rings is 1. The molecular formula is C20H24N4O5. The van der Waals surface area contributed by atoms with E-state index < -0.39 is 6.04 Å². The summed E-state index contributed by atoms with van der Waals surface area (Å²) in [6, 6.07) is 5.00. The van der Waals surface area contributed by atoms with Crippen molar-refractivity contribution in [2.75, 3.05) is 45.2 Å². The second-order valence-electron chi connectivity index (χ2n) is 7.53. The Kier molecular flexibility index (Phi) is 4.89. The van der Waals surface area contributed by atoms with Crippen LogP contribution in [0.2, 0.25) is 0 Å². The zero-order chi connectivity index (χ0) is 20.7. The van der Waals surface area contributed by atoms with Gasteiger partial charge in [0.2, 0.25) is 5.91 Å². The molecule has 9 nitrogen and oxygen atoms in total. The highest BCUT2D eigenvalue weighted by Gasteiger charge is 2.42. The number of carbonyl (C=O) groups is 4. The third-order valence-corrected chi connectivity index (χ3v) is 6.02. The van der Waals surface area contributed by atoms with Crippen molar-refractivity contribution in [3.8, 4) is 0 Å². The van der Waals surface area contributed by atoms with Crippen molar-refractivity contribution in [3.63, 3.8) is 0 Å². The highest BCUT2D eigenvalue weighted by atomic mass is 16.5. The van der Waals surface area contributed by atoms with Gasteiger partial charge in [0.1, 0.15) is 6.04 Å². The maximum absolute atomic E-state index is 13.0. The van der Waals surface area contributed by atoms with Gasteiger partial charge in [0.25, 0.3) is 11.8 Å². The Hall–Kier alpha value is -3.10. The molecule has 3 aliphatic rings. The zero-order valence-corrected chi connectivity index (χ0v) is 16.6. The molecule has 1 aromatic carbocycles. The number of likely N-dealkylation sites (N-methyl/N-ethyl adjacent to an activating group) is 1. The Morgan fingerprint density at radius 1 is 1.10 bits per heavy atom. The van der Waals surface area contributed by atoms with E-state index in [-0.39, 0.29) is 30.2 Å². The number of anilines is 1. The van der Waals surface area contributed by atoms with E-state index in [1.807, 2.05) is 12.1 Å². The summed E-state index contributed by atoms with van der Waals surface area (Å²) in [6.45, 7) is 2.71. The first-order valence-corrected chi connectivity index (χ1v) is 9.73. The molecule has 4 amide bonds. The minimum absolute atomic E-state index is 0.170. The summed E-state index contributed by atoms with van der Waals surface area (Å²) in [6.07, 6.45) is 0.281. The number of amides is 4. The van der Waals surface area contributed by atoms with Gasteiger partial charge in [-0.3, -0.25) is 19.3 Å². The topological polar surface area (TPSA) is 90.5 Å². The summed E-state index contributed by atoms with van der Waals surface area (Å²) in [7, 11) is 2.84. The molecule has 0 spiro atoms. The molecule has 0 aromatic heterocycles. The van der Waals surface area contributed by atoms with E-state index in [1.54, 1.807) is 15.9 Å². The molecule has 0 N–H and O–H groups in total. The summed E-state index contributed by atoms with van der Waals surface area (Å²) < 4.78 is 4.78. The summed E-state index contributed by atoms with van der Waals surface area (Å²) in [4.78, 5) is 55.6. The average molecular weight is 400 g/mol. The number of hydrogen-bond acceptors (Lipinski definition) is 6. The minimum atomic E-state index is -0.610. The zero-order valence-electron chi connectivity index (χ0n) is 16.6. The maximum atomic E-state index is 13.0. The van der Waals surface area contributed by atoms with Crippen LogP contribution < -0.4 is 4.90 Å². The van der Waals surface area contributed by atoms with Gasteiger partial charge in [-0.2, -0.15) is 0 Å². The Morgan fingerprint density at radius 2 is 1.83 bits per heavy atom. The van der Waals surface area contributed by atoms with E-state index in [0.717, 1.165) is 16.2 Å². The Labute approximate surface area is 168 Å². The molecule has 9 heteroatoms. The van der Waals surface area contributed by atoms with Gasteiger partial charge < -0.3 is 19.4 Å². The number of carbonyl (C=O) groups excluding carboxylic acids is 4. The van der Waals surface area contributed by atoms with Crippen LogP contribution >= 0.6 is 0 Å². The van der Waals surface area contributed by atoms with E-state index in [2.05, 4.69) is 4.90 Å². The molecule has 0 aliphatic carbocycles. The molecular weight excluding hydrogens is 376 g/mol. The second-order valence-corrected chi connectivity index (χ2v) is 7.53. The lowest BCUT2D eigenvalue weighted by Gasteiger charge is -2.36. The molecule has 2 saturated heterocycles. The van der Waals surface area contributed by atoms with Gasteiger partial charge in [-0.1, -0.05) is 6.07 Å². The number of ether oxygens (including phenoxy) is 1. The van der Waals surface area contributed by atoms with Crippen molar-refractivity contribution in [1.82, 2.24) is 14.7 Å². The second kappa shape index (κ2) is 7.38. The van der Waals surface area contributed by atoms with Crippen LogP contribution in [0.1, 0.15) is 28.8 Å². The molecule has 3 heterocycles. The molecule has 4 rings (SSSR count). The Balaban J connectivity index is 1.54. The highest BCUT2D eigenvalue weighted by molar-refractivity contribution is 6.06. The van der Waals surface area contributed by atoms with Crippen LogP contribution in [-0.4, -0.2) is 84.9 Å². The van der Waals surface area contributed by atoms with Gasteiger partial charge in [-0.05, 0) is 18.6 Å². The van der Waals surface area contributed by atoms with Gasteiger partial charge in [-0.25, -0.2) is 4.79 Å². The van der Waals surface area contributed by atoms with E-state index in [0.29, 0.717) is 44.7 Å². The van der Waals surface area contributed by atoms with Gasteiger partial charge in [0.15, 0.2) is 0 Å². The smallest absolute Gasteiger partial charge is 0.409 e. The molecule has 29 heavy (non-hydrogen) atoms. The van der Waals surface area contributed by atoms with Crippen molar-refractivity contribution in [2.24, 2.45) is 0 Å². The van der Waals surface area contributed by atoms with E-state index >= 15 is 0 Å². The van der Waals surface area contributed by atoms with Crippen LogP contribution in [0.3, 0.4) is 0 Å². The lowest BCUT2D eigenvalue weighted by atomic mass is 10.0. The summed E-state index contributed by atoms with van der Waals surface area (Å²) >= 11 is 0. The lowest BCUT2D eigenvalue weighted by molar-refractivity contribution is -0.150. The van der Waals surface area contributed by atoms with Gasteiger partial charge in [-0.15, -0.1) is 0 Å². The highest BCUT2D eigenvalue weighted by Crippen LogP contribution is 2.35. The maximum Gasteiger partial charge on any atom is 0.409 e. The predicted molar refractivity (Wildman–Crippen MR) is 103 cm³/mol. The average Bonchev–Trinajstić information content (AvgIpc) is 3.08. The Morgan fingerprint density at radius 3 is 2.52 bits per heavy atom. The quantitative estimate of drug-likeness (QED) is 0.678. The van der Waals surface area contributed by atoms with Crippen molar-refractivity contribution in [2.45, 2.75) is 25.4 Å². The molecule has 0 saturated carbocycles. The van der Waals surface area contributed by atoms with Crippen LogP contribution in [0.5, 0.6) is 0 Å². The summed E-state index contributed by atoms with van der Waals surface area (Å²) in [5, 5.41) is 0. The molecule has 1 atom stereocenters. The fourth-order valence-corrected chi connectivity index (χ4v) is 4.33. The Bertz CT molecular complexity index is 878. The molecule has 3 aliphatic heterocycles. The number of benzene rings is 1. The molecule has 2 fully saturated rings. The number of methoxy groups -OCH3 is 1. The fourth-order valence-electron chi connectivity index (χ4n) is 4.33.